The summed E-state index contributed by atoms with van der Waals surface area (Å²) in [6.45, 7) is 1.98. The zero-order chi connectivity index (χ0) is 17.5. The quantitative estimate of drug-likeness (QED) is 0.836. The van der Waals surface area contributed by atoms with Crippen LogP contribution in [0.2, 0.25) is 0 Å². The molecule has 0 heterocycles. The Labute approximate surface area is 143 Å². The second-order valence-electron chi connectivity index (χ2n) is 5.33. The third-order valence-corrected chi connectivity index (χ3v) is 5.21. The number of rotatable bonds is 7. The Hall–Kier alpha value is -2.21. The minimum absolute atomic E-state index is 0.0564. The molecule has 1 N–H and O–H groups in total. The minimum Gasteiger partial charge on any atom is -0.496 e. The fourth-order valence-electron chi connectivity index (χ4n) is 2.19. The minimum atomic E-state index is -1.48. The molecule has 2 atom stereocenters. The summed E-state index contributed by atoms with van der Waals surface area (Å²) in [6.07, 6.45) is 0. The molecule has 0 aliphatic carbocycles. The third-order valence-electron chi connectivity index (χ3n) is 3.61. The molecular formula is C18H20FNO3S. The standard InChI is InChI=1S/C18H20FNO3S/c1-13(18(21)20-11-14-6-4-3-5-7-14)24(22)12-15-10-16(19)8-9-17(15)23-2/h3-10,13H,11-12H2,1-2H3,(H,20,21)/t13-,24-/m1/s1. The van der Waals surface area contributed by atoms with Crippen molar-refractivity contribution in [1.29, 1.82) is 0 Å². The summed E-state index contributed by atoms with van der Waals surface area (Å²) in [7, 11) is -0.0147. The fraction of sp³-hybridized carbons (Fsp3) is 0.278. The number of ether oxygens (including phenoxy) is 1. The van der Waals surface area contributed by atoms with Crippen LogP contribution in [0.25, 0.3) is 0 Å². The summed E-state index contributed by atoms with van der Waals surface area (Å²) >= 11 is 0. The van der Waals surface area contributed by atoms with Crippen molar-refractivity contribution in [3.63, 3.8) is 0 Å². The molecule has 0 spiro atoms. The van der Waals surface area contributed by atoms with Gasteiger partial charge in [0.15, 0.2) is 0 Å². The highest BCUT2D eigenvalue weighted by atomic mass is 32.2. The average molecular weight is 349 g/mol. The Bertz CT molecular complexity index is 721. The van der Waals surface area contributed by atoms with E-state index in [0.29, 0.717) is 17.9 Å². The molecule has 0 unspecified atom stereocenters. The fourth-order valence-corrected chi connectivity index (χ4v) is 3.29. The number of halogens is 1. The monoisotopic (exact) mass is 349 g/mol. The first kappa shape index (κ1) is 18.1. The molecule has 0 aromatic heterocycles. The SMILES string of the molecule is COc1ccc(F)cc1C[S@@](=O)[C@H](C)C(=O)NCc1ccccc1. The summed E-state index contributed by atoms with van der Waals surface area (Å²) in [6, 6.07) is 13.5. The van der Waals surface area contributed by atoms with E-state index in [1.165, 1.54) is 25.3 Å². The molecule has 0 radical (unpaired) electrons. The van der Waals surface area contributed by atoms with E-state index in [2.05, 4.69) is 5.32 Å². The van der Waals surface area contributed by atoms with Gasteiger partial charge in [-0.1, -0.05) is 30.3 Å². The average Bonchev–Trinajstić information content (AvgIpc) is 2.60. The number of benzene rings is 2. The molecular weight excluding hydrogens is 329 g/mol. The molecule has 0 aliphatic heterocycles. The van der Waals surface area contributed by atoms with Gasteiger partial charge in [-0.05, 0) is 30.7 Å². The van der Waals surface area contributed by atoms with Crippen LogP contribution in [0.15, 0.2) is 48.5 Å². The first-order chi connectivity index (χ1) is 11.5. The zero-order valence-corrected chi connectivity index (χ0v) is 14.4. The van der Waals surface area contributed by atoms with Crippen molar-refractivity contribution < 1.29 is 18.1 Å². The van der Waals surface area contributed by atoms with Gasteiger partial charge in [0.05, 0.1) is 12.9 Å². The third kappa shape index (κ3) is 4.89. The van der Waals surface area contributed by atoms with Crippen LogP contribution in [-0.4, -0.2) is 22.5 Å². The number of hydrogen-bond donors (Lipinski definition) is 1. The van der Waals surface area contributed by atoms with Gasteiger partial charge in [0, 0.05) is 22.9 Å². The first-order valence-corrected chi connectivity index (χ1v) is 8.90. The van der Waals surface area contributed by atoms with E-state index in [0.717, 1.165) is 5.56 Å². The maximum atomic E-state index is 13.4. The van der Waals surface area contributed by atoms with Gasteiger partial charge >= 0.3 is 0 Å². The van der Waals surface area contributed by atoms with Crippen LogP contribution < -0.4 is 10.1 Å². The van der Waals surface area contributed by atoms with Gasteiger partial charge in [-0.2, -0.15) is 0 Å². The molecule has 0 fully saturated rings. The van der Waals surface area contributed by atoms with E-state index in [4.69, 9.17) is 4.74 Å². The van der Waals surface area contributed by atoms with Crippen LogP contribution in [0.3, 0.4) is 0 Å². The molecule has 2 aromatic rings. The van der Waals surface area contributed by atoms with E-state index >= 15 is 0 Å². The van der Waals surface area contributed by atoms with E-state index < -0.39 is 21.9 Å². The van der Waals surface area contributed by atoms with Crippen LogP contribution >= 0.6 is 0 Å². The van der Waals surface area contributed by atoms with E-state index in [-0.39, 0.29) is 11.7 Å². The lowest BCUT2D eigenvalue weighted by Crippen LogP contribution is -2.35. The Kier molecular flexibility index (Phi) is 6.49. The Morgan fingerprint density at radius 3 is 2.62 bits per heavy atom. The van der Waals surface area contributed by atoms with Crippen molar-refractivity contribution in [3.05, 3.63) is 65.5 Å². The van der Waals surface area contributed by atoms with Crippen molar-refractivity contribution >= 4 is 16.7 Å². The predicted octanol–water partition coefficient (Wildman–Crippen LogP) is 2.79. The van der Waals surface area contributed by atoms with E-state index in [9.17, 15) is 13.4 Å². The lowest BCUT2D eigenvalue weighted by atomic mass is 10.2. The number of methoxy groups -OCH3 is 1. The second kappa shape index (κ2) is 8.59. The molecule has 1 amide bonds. The Balaban J connectivity index is 1.96. The molecule has 2 aromatic carbocycles. The van der Waals surface area contributed by atoms with Gasteiger partial charge in [0.1, 0.15) is 16.8 Å². The molecule has 6 heteroatoms. The van der Waals surface area contributed by atoms with Crippen molar-refractivity contribution in [3.8, 4) is 5.75 Å². The summed E-state index contributed by atoms with van der Waals surface area (Å²) in [5.41, 5.74) is 1.45. The maximum absolute atomic E-state index is 13.4. The highest BCUT2D eigenvalue weighted by Crippen LogP contribution is 2.21. The van der Waals surface area contributed by atoms with Gasteiger partial charge < -0.3 is 10.1 Å². The summed E-state index contributed by atoms with van der Waals surface area (Å²) in [5.74, 6) is -0.209. The molecule has 2 rings (SSSR count). The van der Waals surface area contributed by atoms with Crippen molar-refractivity contribution in [1.82, 2.24) is 5.32 Å². The number of carbonyl (C=O) groups is 1. The summed E-state index contributed by atoms with van der Waals surface area (Å²) in [5, 5.41) is 2.06. The lowest BCUT2D eigenvalue weighted by molar-refractivity contribution is -0.120. The highest BCUT2D eigenvalue weighted by Gasteiger charge is 2.21. The molecule has 0 bridgehead atoms. The van der Waals surface area contributed by atoms with Crippen LogP contribution in [0.1, 0.15) is 18.1 Å². The number of hydrogen-bond acceptors (Lipinski definition) is 3. The summed E-state index contributed by atoms with van der Waals surface area (Å²) < 4.78 is 30.9. The Morgan fingerprint density at radius 2 is 1.96 bits per heavy atom. The van der Waals surface area contributed by atoms with Gasteiger partial charge in [-0.25, -0.2) is 4.39 Å². The molecule has 0 saturated carbocycles. The van der Waals surface area contributed by atoms with Gasteiger partial charge in [-0.15, -0.1) is 0 Å². The van der Waals surface area contributed by atoms with Crippen LogP contribution in [0.4, 0.5) is 4.39 Å². The van der Waals surface area contributed by atoms with Crippen molar-refractivity contribution in [2.45, 2.75) is 24.5 Å². The zero-order valence-electron chi connectivity index (χ0n) is 13.6. The highest BCUT2D eigenvalue weighted by molar-refractivity contribution is 7.85. The smallest absolute Gasteiger partial charge is 0.235 e. The van der Waals surface area contributed by atoms with Crippen molar-refractivity contribution in [2.75, 3.05) is 7.11 Å². The molecule has 24 heavy (non-hydrogen) atoms. The lowest BCUT2D eigenvalue weighted by Gasteiger charge is -2.14. The number of amides is 1. The molecule has 0 aliphatic rings. The second-order valence-corrected chi connectivity index (χ2v) is 7.08. The molecule has 128 valence electrons. The van der Waals surface area contributed by atoms with E-state index in [1.807, 2.05) is 30.3 Å². The van der Waals surface area contributed by atoms with Crippen molar-refractivity contribution in [2.24, 2.45) is 0 Å². The summed E-state index contributed by atoms with van der Waals surface area (Å²) in [4.78, 5) is 12.2. The molecule has 4 nitrogen and oxygen atoms in total. The normalized spacial score (nSPS) is 13.1. The number of nitrogens with one attached hydrogen (secondary N) is 1. The Morgan fingerprint density at radius 1 is 1.25 bits per heavy atom. The first-order valence-electron chi connectivity index (χ1n) is 7.52. The maximum Gasteiger partial charge on any atom is 0.235 e. The van der Waals surface area contributed by atoms with Gasteiger partial charge in [0.2, 0.25) is 5.91 Å². The van der Waals surface area contributed by atoms with Crippen LogP contribution in [0, 0.1) is 5.82 Å². The van der Waals surface area contributed by atoms with Crippen LogP contribution in [-0.2, 0) is 27.9 Å². The molecule has 0 saturated heterocycles. The largest absolute Gasteiger partial charge is 0.496 e. The van der Waals surface area contributed by atoms with Gasteiger partial charge in [0.25, 0.3) is 0 Å². The van der Waals surface area contributed by atoms with Crippen LogP contribution in [0.5, 0.6) is 5.75 Å². The topological polar surface area (TPSA) is 55.4 Å². The van der Waals surface area contributed by atoms with E-state index in [1.54, 1.807) is 6.92 Å². The van der Waals surface area contributed by atoms with Gasteiger partial charge in [-0.3, -0.25) is 9.00 Å². The number of carbonyl (C=O) groups excluding carboxylic acids is 1. The predicted molar refractivity (Wildman–Crippen MR) is 92.5 cm³/mol.